The molecule has 0 radical (unpaired) electrons. The lowest BCUT2D eigenvalue weighted by molar-refractivity contribution is 0.326. The van der Waals surface area contributed by atoms with Gasteiger partial charge in [0.25, 0.3) is 0 Å². The summed E-state index contributed by atoms with van der Waals surface area (Å²) in [7, 11) is 0. The number of nitrogens with zero attached hydrogens (tertiary/aromatic N) is 4. The topological polar surface area (TPSA) is 51.1 Å². The fourth-order valence-electron chi connectivity index (χ4n) is 2.87. The average molecular weight is 332 g/mol. The first kappa shape index (κ1) is 16.2. The van der Waals surface area contributed by atoms with E-state index < -0.39 is 0 Å². The monoisotopic (exact) mass is 332 g/mol. The second-order valence-electron chi connectivity index (χ2n) is 6.20. The van der Waals surface area contributed by atoms with E-state index >= 15 is 0 Å². The highest BCUT2D eigenvalue weighted by molar-refractivity contribution is 7.09. The van der Waals surface area contributed by atoms with Crippen molar-refractivity contribution in [3.05, 3.63) is 28.5 Å². The summed E-state index contributed by atoms with van der Waals surface area (Å²) in [5.41, 5.74) is 1.21. The summed E-state index contributed by atoms with van der Waals surface area (Å²) in [6, 6.07) is 1.94. The van der Waals surface area contributed by atoms with Crippen LogP contribution in [0.4, 0.5) is 5.82 Å². The summed E-state index contributed by atoms with van der Waals surface area (Å²) in [6.45, 7) is 8.98. The van der Waals surface area contributed by atoms with Crippen molar-refractivity contribution < 1.29 is 4.74 Å². The van der Waals surface area contributed by atoms with Crippen LogP contribution in [0.3, 0.4) is 0 Å². The Labute approximate surface area is 141 Å². The molecular formula is C17H24N4OS. The number of anilines is 1. The van der Waals surface area contributed by atoms with Gasteiger partial charge in [-0.15, -0.1) is 11.3 Å². The van der Waals surface area contributed by atoms with Crippen molar-refractivity contribution in [1.82, 2.24) is 15.0 Å². The van der Waals surface area contributed by atoms with Gasteiger partial charge in [-0.25, -0.2) is 15.0 Å². The van der Waals surface area contributed by atoms with Crippen LogP contribution in [-0.2, 0) is 0 Å². The van der Waals surface area contributed by atoms with Gasteiger partial charge in [0.2, 0.25) is 5.88 Å². The van der Waals surface area contributed by atoms with Crippen LogP contribution >= 0.6 is 11.3 Å². The van der Waals surface area contributed by atoms with Crippen molar-refractivity contribution in [1.29, 1.82) is 0 Å². The van der Waals surface area contributed by atoms with Crippen molar-refractivity contribution in [2.24, 2.45) is 0 Å². The van der Waals surface area contributed by atoms with Gasteiger partial charge in [-0.05, 0) is 25.7 Å². The highest BCUT2D eigenvalue weighted by Gasteiger charge is 2.25. The molecule has 6 heteroatoms. The van der Waals surface area contributed by atoms with E-state index in [0.717, 1.165) is 25.3 Å². The predicted molar refractivity (Wildman–Crippen MR) is 93.6 cm³/mol. The molecule has 2 aromatic rings. The molecule has 1 aliphatic rings. The number of hydrogen-bond acceptors (Lipinski definition) is 6. The molecule has 0 saturated carbocycles. The summed E-state index contributed by atoms with van der Waals surface area (Å²) in [6.07, 6.45) is 3.95. The van der Waals surface area contributed by atoms with E-state index in [1.807, 2.05) is 13.0 Å². The third kappa shape index (κ3) is 3.80. The van der Waals surface area contributed by atoms with Gasteiger partial charge in [-0.2, -0.15) is 0 Å². The average Bonchev–Trinajstić information content (AvgIpc) is 3.06. The molecule has 0 bridgehead atoms. The fraction of sp³-hybridized carbons (Fsp3) is 0.588. The molecule has 23 heavy (non-hydrogen) atoms. The fourth-order valence-corrected chi connectivity index (χ4v) is 3.98. The quantitative estimate of drug-likeness (QED) is 0.832. The van der Waals surface area contributed by atoms with Gasteiger partial charge in [0.05, 0.1) is 17.3 Å². The van der Waals surface area contributed by atoms with Gasteiger partial charge >= 0.3 is 0 Å². The predicted octanol–water partition coefficient (Wildman–Crippen LogP) is 3.84. The Morgan fingerprint density at radius 1 is 1.39 bits per heavy atom. The third-order valence-electron chi connectivity index (χ3n) is 4.15. The van der Waals surface area contributed by atoms with Crippen molar-refractivity contribution >= 4 is 17.2 Å². The van der Waals surface area contributed by atoms with Crippen molar-refractivity contribution in [2.75, 3.05) is 24.6 Å². The molecule has 1 aliphatic heterocycles. The Morgan fingerprint density at radius 3 is 3.00 bits per heavy atom. The van der Waals surface area contributed by atoms with Gasteiger partial charge < -0.3 is 9.64 Å². The minimum atomic E-state index is 0.492. The van der Waals surface area contributed by atoms with Crippen LogP contribution in [0.15, 0.2) is 17.8 Å². The van der Waals surface area contributed by atoms with Gasteiger partial charge in [0.1, 0.15) is 12.1 Å². The zero-order valence-electron chi connectivity index (χ0n) is 14.0. The van der Waals surface area contributed by atoms with Crippen molar-refractivity contribution in [3.63, 3.8) is 0 Å². The zero-order chi connectivity index (χ0) is 16.2. The van der Waals surface area contributed by atoms with Crippen LogP contribution in [-0.4, -0.2) is 34.6 Å². The van der Waals surface area contributed by atoms with Crippen molar-refractivity contribution in [2.45, 2.75) is 45.4 Å². The highest BCUT2D eigenvalue weighted by atomic mass is 32.1. The maximum atomic E-state index is 5.49. The normalized spacial score (nSPS) is 18.4. The molecule has 3 heterocycles. The van der Waals surface area contributed by atoms with E-state index in [2.05, 4.69) is 34.1 Å². The number of aromatic nitrogens is 3. The SMILES string of the molecule is CCOc1cc(N2CCCC(c3nc(C(C)C)cs3)C2)ncn1. The number of thiazole rings is 1. The summed E-state index contributed by atoms with van der Waals surface area (Å²) in [5.74, 6) is 2.59. The largest absolute Gasteiger partial charge is 0.478 e. The van der Waals surface area contributed by atoms with Crippen LogP contribution in [0.1, 0.15) is 56.2 Å². The van der Waals surface area contributed by atoms with E-state index in [4.69, 9.17) is 9.72 Å². The first-order valence-electron chi connectivity index (χ1n) is 8.32. The summed E-state index contributed by atoms with van der Waals surface area (Å²) >= 11 is 1.80. The molecule has 0 amide bonds. The van der Waals surface area contributed by atoms with Crippen LogP contribution in [0.2, 0.25) is 0 Å². The Balaban J connectivity index is 1.73. The molecule has 0 N–H and O–H groups in total. The molecule has 0 aliphatic carbocycles. The third-order valence-corrected chi connectivity index (χ3v) is 5.17. The lowest BCUT2D eigenvalue weighted by atomic mass is 9.98. The second-order valence-corrected chi connectivity index (χ2v) is 7.09. The number of ether oxygens (including phenoxy) is 1. The Bertz CT molecular complexity index is 643. The molecule has 0 spiro atoms. The second kappa shape index (κ2) is 7.25. The van der Waals surface area contributed by atoms with Crippen LogP contribution in [0, 0.1) is 0 Å². The summed E-state index contributed by atoms with van der Waals surface area (Å²) in [5, 5.41) is 3.47. The zero-order valence-corrected chi connectivity index (χ0v) is 14.8. The van der Waals surface area contributed by atoms with Gasteiger partial charge in [-0.1, -0.05) is 13.8 Å². The molecule has 1 fully saturated rings. The lowest BCUT2D eigenvalue weighted by Crippen LogP contribution is -2.35. The lowest BCUT2D eigenvalue weighted by Gasteiger charge is -2.32. The maximum Gasteiger partial charge on any atom is 0.218 e. The Kier molecular flexibility index (Phi) is 5.10. The molecule has 2 aromatic heterocycles. The standard InChI is InChI=1S/C17H24N4OS/c1-4-22-16-8-15(18-11-19-16)21-7-5-6-13(9-21)17-20-14(10-23-17)12(2)3/h8,10-13H,4-7,9H2,1-3H3. The van der Waals surface area contributed by atoms with Gasteiger partial charge in [0.15, 0.2) is 0 Å². The Hall–Kier alpha value is -1.69. The number of hydrogen-bond donors (Lipinski definition) is 0. The minimum Gasteiger partial charge on any atom is -0.478 e. The van der Waals surface area contributed by atoms with Gasteiger partial charge in [-0.3, -0.25) is 0 Å². The van der Waals surface area contributed by atoms with E-state index in [1.54, 1.807) is 17.7 Å². The van der Waals surface area contributed by atoms with E-state index in [9.17, 15) is 0 Å². The number of rotatable bonds is 5. The molecule has 0 aromatic carbocycles. The number of piperidine rings is 1. The molecule has 1 saturated heterocycles. The summed E-state index contributed by atoms with van der Waals surface area (Å²) in [4.78, 5) is 15.7. The smallest absolute Gasteiger partial charge is 0.218 e. The van der Waals surface area contributed by atoms with Crippen LogP contribution in [0.25, 0.3) is 0 Å². The van der Waals surface area contributed by atoms with Crippen LogP contribution in [0.5, 0.6) is 5.88 Å². The van der Waals surface area contributed by atoms with E-state index in [-0.39, 0.29) is 0 Å². The molecule has 3 rings (SSSR count). The maximum absolute atomic E-state index is 5.49. The Morgan fingerprint density at radius 2 is 2.26 bits per heavy atom. The first-order valence-corrected chi connectivity index (χ1v) is 9.20. The molecule has 1 atom stereocenters. The van der Waals surface area contributed by atoms with E-state index in [1.165, 1.54) is 17.1 Å². The van der Waals surface area contributed by atoms with Crippen molar-refractivity contribution in [3.8, 4) is 5.88 Å². The summed E-state index contributed by atoms with van der Waals surface area (Å²) < 4.78 is 5.49. The highest BCUT2D eigenvalue weighted by Crippen LogP contribution is 2.32. The first-order chi connectivity index (χ1) is 11.2. The molecule has 124 valence electrons. The van der Waals surface area contributed by atoms with Crippen LogP contribution < -0.4 is 9.64 Å². The molecular weight excluding hydrogens is 308 g/mol. The molecule has 5 nitrogen and oxygen atoms in total. The van der Waals surface area contributed by atoms with Gasteiger partial charge in [0, 0.05) is 30.5 Å². The van der Waals surface area contributed by atoms with E-state index in [0.29, 0.717) is 24.3 Å². The molecule has 1 unspecified atom stereocenters. The minimum absolute atomic E-state index is 0.492.